The Bertz CT molecular complexity index is 1100. The number of nitrogens with one attached hydrogen (secondary N) is 2. The van der Waals surface area contributed by atoms with Crippen molar-refractivity contribution in [2.24, 2.45) is 0 Å². The van der Waals surface area contributed by atoms with Crippen LogP contribution in [0.4, 0.5) is 11.4 Å². The second kappa shape index (κ2) is 8.01. The Morgan fingerprint density at radius 3 is 2.25 bits per heavy atom. The number of para-hydroxylation sites is 2. The molecule has 3 N–H and O–H groups in total. The molecule has 7 nitrogen and oxygen atoms in total. The smallest absolute Gasteiger partial charge is 0.261 e. The molecule has 0 saturated carbocycles. The van der Waals surface area contributed by atoms with E-state index in [2.05, 4.69) is 10.0 Å². The van der Waals surface area contributed by atoms with Crippen LogP contribution in [0.3, 0.4) is 0 Å². The van der Waals surface area contributed by atoms with Gasteiger partial charge < -0.3 is 15.2 Å². The molecule has 0 bridgehead atoms. The van der Waals surface area contributed by atoms with Crippen molar-refractivity contribution in [1.29, 1.82) is 0 Å². The lowest BCUT2D eigenvalue weighted by Gasteiger charge is -2.14. The van der Waals surface area contributed by atoms with E-state index in [1.807, 2.05) is 0 Å². The molecule has 0 aliphatic rings. The number of rotatable bonds is 6. The molecule has 0 aliphatic heterocycles. The van der Waals surface area contributed by atoms with Crippen LogP contribution in [0.1, 0.15) is 10.4 Å². The fraction of sp³-hybridized carbons (Fsp3) is 0.0500. The fourth-order valence-electron chi connectivity index (χ4n) is 2.48. The van der Waals surface area contributed by atoms with Crippen LogP contribution >= 0.6 is 0 Å². The van der Waals surface area contributed by atoms with Crippen LogP contribution in [0.2, 0.25) is 0 Å². The van der Waals surface area contributed by atoms with E-state index >= 15 is 0 Å². The fourth-order valence-corrected chi connectivity index (χ4v) is 3.56. The zero-order chi connectivity index (χ0) is 20.1. The summed E-state index contributed by atoms with van der Waals surface area (Å²) in [5.41, 5.74) is 0.743. The molecule has 0 saturated heterocycles. The van der Waals surface area contributed by atoms with E-state index in [0.29, 0.717) is 5.75 Å². The summed E-state index contributed by atoms with van der Waals surface area (Å²) in [6.07, 6.45) is 0. The van der Waals surface area contributed by atoms with Crippen molar-refractivity contribution in [3.63, 3.8) is 0 Å². The normalized spacial score (nSPS) is 10.9. The lowest BCUT2D eigenvalue weighted by molar-refractivity contribution is 0.102. The summed E-state index contributed by atoms with van der Waals surface area (Å²) in [5, 5.41) is 12.2. The van der Waals surface area contributed by atoms with Gasteiger partial charge in [0.25, 0.3) is 15.9 Å². The van der Waals surface area contributed by atoms with Gasteiger partial charge >= 0.3 is 0 Å². The van der Waals surface area contributed by atoms with Gasteiger partial charge in [-0.25, -0.2) is 8.42 Å². The monoisotopic (exact) mass is 398 g/mol. The molecule has 144 valence electrons. The van der Waals surface area contributed by atoms with E-state index in [1.165, 1.54) is 31.4 Å². The number of aromatic hydroxyl groups is 1. The molecule has 0 aromatic heterocycles. The average Bonchev–Trinajstić information content (AvgIpc) is 2.69. The predicted molar refractivity (Wildman–Crippen MR) is 106 cm³/mol. The molecule has 0 atom stereocenters. The van der Waals surface area contributed by atoms with Crippen molar-refractivity contribution in [3.8, 4) is 11.5 Å². The van der Waals surface area contributed by atoms with E-state index in [9.17, 15) is 18.3 Å². The Morgan fingerprint density at radius 1 is 0.929 bits per heavy atom. The molecule has 0 aliphatic carbocycles. The van der Waals surface area contributed by atoms with Crippen molar-refractivity contribution in [1.82, 2.24) is 0 Å². The standard InChI is InChI=1S/C20H18N2O5S/c1-27-16-9-11-17(12-10-16)28(25,26)22-19-8-3-2-7-18(19)21-20(24)14-5-4-6-15(23)13-14/h2-13,22-23H,1H3,(H,21,24). The molecular weight excluding hydrogens is 380 g/mol. The van der Waals surface area contributed by atoms with E-state index in [1.54, 1.807) is 48.5 Å². The van der Waals surface area contributed by atoms with Crippen molar-refractivity contribution < 1.29 is 23.1 Å². The summed E-state index contributed by atoms with van der Waals surface area (Å²) >= 11 is 0. The maximum absolute atomic E-state index is 12.7. The highest BCUT2D eigenvalue weighted by molar-refractivity contribution is 7.92. The van der Waals surface area contributed by atoms with E-state index in [0.717, 1.165) is 0 Å². The topological polar surface area (TPSA) is 105 Å². The number of methoxy groups -OCH3 is 1. The highest BCUT2D eigenvalue weighted by Crippen LogP contribution is 2.26. The largest absolute Gasteiger partial charge is 0.508 e. The number of phenols is 1. The van der Waals surface area contributed by atoms with Crippen LogP contribution in [0.5, 0.6) is 11.5 Å². The molecule has 0 unspecified atom stereocenters. The number of carbonyl (C=O) groups excluding carboxylic acids is 1. The number of phenolic OH excluding ortho intramolecular Hbond substituents is 1. The van der Waals surface area contributed by atoms with Gasteiger partial charge in [-0.1, -0.05) is 18.2 Å². The second-order valence-electron chi connectivity index (χ2n) is 5.83. The van der Waals surface area contributed by atoms with Crippen LogP contribution in [0, 0.1) is 0 Å². The van der Waals surface area contributed by atoms with Gasteiger partial charge in [-0.05, 0) is 54.6 Å². The molecule has 3 aromatic carbocycles. The number of amides is 1. The zero-order valence-corrected chi connectivity index (χ0v) is 15.7. The Labute approximate surface area is 162 Å². The third kappa shape index (κ3) is 4.41. The summed E-state index contributed by atoms with van der Waals surface area (Å²) < 4.78 is 32.8. The minimum Gasteiger partial charge on any atom is -0.508 e. The quantitative estimate of drug-likeness (QED) is 0.590. The van der Waals surface area contributed by atoms with Crippen molar-refractivity contribution in [2.75, 3.05) is 17.1 Å². The average molecular weight is 398 g/mol. The first-order valence-corrected chi connectivity index (χ1v) is 9.73. The van der Waals surface area contributed by atoms with Gasteiger partial charge in [-0.15, -0.1) is 0 Å². The lowest BCUT2D eigenvalue weighted by Crippen LogP contribution is -2.17. The first-order chi connectivity index (χ1) is 13.4. The Hall–Kier alpha value is -3.52. The summed E-state index contributed by atoms with van der Waals surface area (Å²) in [5.74, 6) is 0.0193. The minimum atomic E-state index is -3.86. The molecule has 3 aromatic rings. The summed E-state index contributed by atoms with van der Waals surface area (Å²) in [4.78, 5) is 12.5. The van der Waals surface area contributed by atoms with Crippen molar-refractivity contribution in [3.05, 3.63) is 78.4 Å². The number of benzene rings is 3. The molecule has 0 spiro atoms. The van der Waals surface area contributed by atoms with Gasteiger partial charge in [0.1, 0.15) is 11.5 Å². The molecule has 3 rings (SSSR count). The van der Waals surface area contributed by atoms with Gasteiger partial charge in [0.15, 0.2) is 0 Å². The number of sulfonamides is 1. The van der Waals surface area contributed by atoms with Gasteiger partial charge in [0, 0.05) is 5.56 Å². The number of hydrogen-bond donors (Lipinski definition) is 3. The lowest BCUT2D eigenvalue weighted by atomic mass is 10.2. The summed E-state index contributed by atoms with van der Waals surface area (Å²) in [6.45, 7) is 0. The highest BCUT2D eigenvalue weighted by atomic mass is 32.2. The van der Waals surface area contributed by atoms with E-state index < -0.39 is 15.9 Å². The van der Waals surface area contributed by atoms with Crippen LogP contribution in [-0.4, -0.2) is 26.5 Å². The first-order valence-electron chi connectivity index (χ1n) is 8.25. The van der Waals surface area contributed by atoms with Crippen LogP contribution in [-0.2, 0) is 10.0 Å². The summed E-state index contributed by atoms with van der Waals surface area (Å²) in [7, 11) is -2.37. The molecule has 8 heteroatoms. The number of ether oxygens (including phenoxy) is 1. The SMILES string of the molecule is COc1ccc(S(=O)(=O)Nc2ccccc2NC(=O)c2cccc(O)c2)cc1. The van der Waals surface area contributed by atoms with Gasteiger partial charge in [-0.3, -0.25) is 9.52 Å². The van der Waals surface area contributed by atoms with Crippen LogP contribution in [0.25, 0.3) is 0 Å². The molecule has 0 radical (unpaired) electrons. The van der Waals surface area contributed by atoms with Gasteiger partial charge in [0.2, 0.25) is 0 Å². The Balaban J connectivity index is 1.84. The van der Waals surface area contributed by atoms with Gasteiger partial charge in [-0.2, -0.15) is 0 Å². The number of anilines is 2. The molecule has 28 heavy (non-hydrogen) atoms. The summed E-state index contributed by atoms with van der Waals surface area (Å²) in [6, 6.07) is 18.2. The molecule has 1 amide bonds. The zero-order valence-electron chi connectivity index (χ0n) is 14.9. The van der Waals surface area contributed by atoms with E-state index in [4.69, 9.17) is 4.74 Å². The third-order valence-electron chi connectivity index (χ3n) is 3.90. The number of hydrogen-bond acceptors (Lipinski definition) is 5. The van der Waals surface area contributed by atoms with Crippen molar-refractivity contribution in [2.45, 2.75) is 4.90 Å². The molecule has 0 heterocycles. The molecule has 0 fully saturated rings. The van der Waals surface area contributed by atoms with Crippen LogP contribution in [0.15, 0.2) is 77.7 Å². The van der Waals surface area contributed by atoms with E-state index in [-0.39, 0.29) is 27.6 Å². The second-order valence-corrected chi connectivity index (χ2v) is 7.51. The Kier molecular flexibility index (Phi) is 5.51. The predicted octanol–water partition coefficient (Wildman–Crippen LogP) is 3.45. The van der Waals surface area contributed by atoms with Crippen LogP contribution < -0.4 is 14.8 Å². The first kappa shape index (κ1) is 19.2. The minimum absolute atomic E-state index is 0.0406. The van der Waals surface area contributed by atoms with Crippen molar-refractivity contribution >= 4 is 27.3 Å². The maximum atomic E-state index is 12.7. The highest BCUT2D eigenvalue weighted by Gasteiger charge is 2.17. The Morgan fingerprint density at radius 2 is 1.61 bits per heavy atom. The number of carbonyl (C=O) groups is 1. The maximum Gasteiger partial charge on any atom is 0.261 e. The third-order valence-corrected chi connectivity index (χ3v) is 5.28. The van der Waals surface area contributed by atoms with Gasteiger partial charge in [0.05, 0.1) is 23.4 Å². The molecular formula is C20H18N2O5S.